The van der Waals surface area contributed by atoms with Gasteiger partial charge in [0, 0.05) is 32.7 Å². The molecule has 0 bridgehead atoms. The van der Waals surface area contributed by atoms with Crippen LogP contribution >= 0.6 is 0 Å². The Kier molecular flexibility index (Phi) is 6.35. The number of aryl methyl sites for hydroxylation is 1. The molecule has 5 heteroatoms. The number of hydrogen-bond acceptors (Lipinski definition) is 4. The van der Waals surface area contributed by atoms with Crippen molar-refractivity contribution in [2.45, 2.75) is 18.9 Å². The van der Waals surface area contributed by atoms with Gasteiger partial charge in [-0.3, -0.25) is 4.79 Å². The van der Waals surface area contributed by atoms with Crippen LogP contribution in [0.1, 0.15) is 23.7 Å². The van der Waals surface area contributed by atoms with E-state index in [1.54, 1.807) is 7.11 Å². The molecule has 144 valence electrons. The first-order valence-corrected chi connectivity index (χ1v) is 9.37. The Labute approximate surface area is 161 Å². The van der Waals surface area contributed by atoms with Gasteiger partial charge >= 0.3 is 0 Å². The summed E-state index contributed by atoms with van der Waals surface area (Å²) in [5, 5.41) is 0. The number of ether oxygens (including phenoxy) is 2. The van der Waals surface area contributed by atoms with Gasteiger partial charge in [-0.25, -0.2) is 0 Å². The molecule has 0 N–H and O–H groups in total. The van der Waals surface area contributed by atoms with Gasteiger partial charge in [-0.15, -0.1) is 0 Å². The highest BCUT2D eigenvalue weighted by molar-refractivity contribution is 5.76. The van der Waals surface area contributed by atoms with Crippen LogP contribution in [0.3, 0.4) is 0 Å². The highest BCUT2D eigenvalue weighted by Gasteiger charge is 2.25. The second-order valence-electron chi connectivity index (χ2n) is 7.00. The van der Waals surface area contributed by atoms with Gasteiger partial charge in [0.2, 0.25) is 5.91 Å². The summed E-state index contributed by atoms with van der Waals surface area (Å²) in [5.74, 6) is 1.00. The summed E-state index contributed by atoms with van der Waals surface area (Å²) >= 11 is 0. The van der Waals surface area contributed by atoms with Crippen molar-refractivity contribution in [2.75, 3.05) is 45.8 Å². The van der Waals surface area contributed by atoms with Crippen LogP contribution in [0.25, 0.3) is 0 Å². The van der Waals surface area contributed by atoms with Crippen molar-refractivity contribution in [3.05, 3.63) is 59.7 Å². The van der Waals surface area contributed by atoms with Crippen molar-refractivity contribution < 1.29 is 14.3 Å². The summed E-state index contributed by atoms with van der Waals surface area (Å²) in [4.78, 5) is 16.7. The summed E-state index contributed by atoms with van der Waals surface area (Å²) < 4.78 is 11.3. The van der Waals surface area contributed by atoms with Crippen molar-refractivity contribution in [1.82, 2.24) is 4.90 Å². The Hall–Kier alpha value is -2.53. The van der Waals surface area contributed by atoms with E-state index in [1.807, 2.05) is 43.3 Å². The van der Waals surface area contributed by atoms with Crippen molar-refractivity contribution >= 4 is 11.6 Å². The van der Waals surface area contributed by atoms with Crippen molar-refractivity contribution in [3.63, 3.8) is 0 Å². The van der Waals surface area contributed by atoms with Gasteiger partial charge in [-0.2, -0.15) is 0 Å². The molecule has 2 aromatic rings. The lowest BCUT2D eigenvalue weighted by molar-refractivity contribution is -0.139. The van der Waals surface area contributed by atoms with E-state index in [2.05, 4.69) is 29.2 Å². The quantitative estimate of drug-likeness (QED) is 0.785. The minimum Gasteiger partial charge on any atom is -0.496 e. The third-order valence-corrected chi connectivity index (χ3v) is 5.00. The standard InChI is InChI=1S/C22H28N2O3/c1-23(2)19-11-8-18(9-12-19)21-16-24(14-15-27-21)22(25)13-10-17-6-4-5-7-20(17)26-3/h4-9,11-12,21H,10,13-16H2,1-3H3. The van der Waals surface area contributed by atoms with Crippen LogP contribution < -0.4 is 9.64 Å². The van der Waals surface area contributed by atoms with E-state index >= 15 is 0 Å². The van der Waals surface area contributed by atoms with E-state index in [9.17, 15) is 4.79 Å². The Balaban J connectivity index is 1.59. The number of rotatable bonds is 6. The molecular formula is C22H28N2O3. The van der Waals surface area contributed by atoms with Gasteiger partial charge in [0.15, 0.2) is 0 Å². The molecule has 1 fully saturated rings. The van der Waals surface area contributed by atoms with Gasteiger partial charge in [-0.05, 0) is 35.7 Å². The first kappa shape index (κ1) is 19.2. The predicted octanol–water partition coefficient (Wildman–Crippen LogP) is 3.29. The summed E-state index contributed by atoms with van der Waals surface area (Å²) in [6.45, 7) is 1.82. The Bertz CT molecular complexity index is 758. The SMILES string of the molecule is COc1ccccc1CCC(=O)N1CCOC(c2ccc(N(C)C)cc2)C1. The zero-order valence-corrected chi connectivity index (χ0v) is 16.4. The first-order valence-electron chi connectivity index (χ1n) is 9.37. The van der Waals surface area contributed by atoms with Gasteiger partial charge in [0.25, 0.3) is 0 Å². The molecule has 0 saturated carbocycles. The number of anilines is 1. The zero-order chi connectivity index (χ0) is 19.2. The fraction of sp³-hybridized carbons (Fsp3) is 0.409. The number of benzene rings is 2. The van der Waals surface area contributed by atoms with E-state index in [-0.39, 0.29) is 12.0 Å². The second-order valence-corrected chi connectivity index (χ2v) is 7.00. The molecule has 0 aliphatic carbocycles. The molecule has 0 radical (unpaired) electrons. The number of para-hydroxylation sites is 1. The summed E-state index contributed by atoms with van der Waals surface area (Å²) in [6.07, 6.45) is 1.10. The molecule has 5 nitrogen and oxygen atoms in total. The van der Waals surface area contributed by atoms with Crippen LogP contribution in [0.15, 0.2) is 48.5 Å². The smallest absolute Gasteiger partial charge is 0.223 e. The summed E-state index contributed by atoms with van der Waals surface area (Å²) in [7, 11) is 5.71. The average molecular weight is 368 g/mol. The first-order chi connectivity index (χ1) is 13.1. The van der Waals surface area contributed by atoms with Gasteiger partial charge in [-0.1, -0.05) is 30.3 Å². The summed E-state index contributed by atoms with van der Waals surface area (Å²) in [5.41, 5.74) is 3.33. The largest absolute Gasteiger partial charge is 0.496 e. The number of hydrogen-bond donors (Lipinski definition) is 0. The molecule has 0 aromatic heterocycles. The van der Waals surface area contributed by atoms with Crippen molar-refractivity contribution in [2.24, 2.45) is 0 Å². The molecule has 0 spiro atoms. The van der Waals surface area contributed by atoms with Gasteiger partial charge in [0.05, 0.1) is 20.3 Å². The Morgan fingerprint density at radius 2 is 1.93 bits per heavy atom. The third-order valence-electron chi connectivity index (χ3n) is 5.00. The predicted molar refractivity (Wildman–Crippen MR) is 107 cm³/mol. The van der Waals surface area contributed by atoms with E-state index in [0.29, 0.717) is 32.5 Å². The lowest BCUT2D eigenvalue weighted by Gasteiger charge is -2.33. The number of methoxy groups -OCH3 is 1. The Morgan fingerprint density at radius 3 is 2.63 bits per heavy atom. The zero-order valence-electron chi connectivity index (χ0n) is 16.4. The van der Waals surface area contributed by atoms with Crippen molar-refractivity contribution in [3.8, 4) is 5.75 Å². The fourth-order valence-corrected chi connectivity index (χ4v) is 3.37. The number of morpholine rings is 1. The number of nitrogens with zero attached hydrogens (tertiary/aromatic N) is 2. The summed E-state index contributed by atoms with van der Waals surface area (Å²) in [6, 6.07) is 16.2. The maximum Gasteiger partial charge on any atom is 0.223 e. The number of amides is 1. The minimum atomic E-state index is -0.0647. The molecule has 1 saturated heterocycles. The van der Waals surface area contributed by atoms with Crippen LogP contribution in [0.5, 0.6) is 5.75 Å². The van der Waals surface area contributed by atoms with E-state index in [1.165, 1.54) is 0 Å². The highest BCUT2D eigenvalue weighted by atomic mass is 16.5. The van der Waals surface area contributed by atoms with Crippen LogP contribution in [0, 0.1) is 0 Å². The molecular weight excluding hydrogens is 340 g/mol. The van der Waals surface area contributed by atoms with Crippen LogP contribution in [-0.4, -0.2) is 51.7 Å². The van der Waals surface area contributed by atoms with Gasteiger partial charge in [0.1, 0.15) is 11.9 Å². The van der Waals surface area contributed by atoms with Crippen molar-refractivity contribution in [1.29, 1.82) is 0 Å². The fourth-order valence-electron chi connectivity index (χ4n) is 3.37. The Morgan fingerprint density at radius 1 is 1.19 bits per heavy atom. The average Bonchev–Trinajstić information content (AvgIpc) is 2.72. The molecule has 1 amide bonds. The molecule has 27 heavy (non-hydrogen) atoms. The number of carbonyl (C=O) groups excluding carboxylic acids is 1. The number of carbonyl (C=O) groups is 1. The van der Waals surface area contributed by atoms with Crippen LogP contribution in [0.2, 0.25) is 0 Å². The maximum absolute atomic E-state index is 12.7. The topological polar surface area (TPSA) is 42.0 Å². The van der Waals surface area contributed by atoms with Gasteiger partial charge < -0.3 is 19.3 Å². The monoisotopic (exact) mass is 368 g/mol. The molecule has 1 unspecified atom stereocenters. The van der Waals surface area contributed by atoms with E-state index in [0.717, 1.165) is 22.6 Å². The second kappa shape index (κ2) is 8.91. The minimum absolute atomic E-state index is 0.0647. The van der Waals surface area contributed by atoms with E-state index in [4.69, 9.17) is 9.47 Å². The molecule has 1 aliphatic rings. The molecule has 2 aromatic carbocycles. The highest BCUT2D eigenvalue weighted by Crippen LogP contribution is 2.25. The molecule has 1 heterocycles. The van der Waals surface area contributed by atoms with Crippen LogP contribution in [0.4, 0.5) is 5.69 Å². The van der Waals surface area contributed by atoms with E-state index < -0.39 is 0 Å². The molecule has 1 aliphatic heterocycles. The normalized spacial score (nSPS) is 16.9. The lowest BCUT2D eigenvalue weighted by Crippen LogP contribution is -2.42. The van der Waals surface area contributed by atoms with Crippen LogP contribution in [-0.2, 0) is 16.0 Å². The maximum atomic E-state index is 12.7. The molecule has 3 rings (SSSR count). The lowest BCUT2D eigenvalue weighted by atomic mass is 10.1. The molecule has 1 atom stereocenters. The third kappa shape index (κ3) is 4.80.